The van der Waals surface area contributed by atoms with Gasteiger partial charge in [0.05, 0.1) is 5.69 Å². The van der Waals surface area contributed by atoms with Gasteiger partial charge in [-0.3, -0.25) is 14.2 Å². The minimum atomic E-state index is -1.19. The molecule has 8 nitrogen and oxygen atoms in total. The summed E-state index contributed by atoms with van der Waals surface area (Å²) in [6.45, 7) is 6.57. The van der Waals surface area contributed by atoms with Crippen LogP contribution in [0.1, 0.15) is 49.9 Å². The number of ether oxygens (including phenoxy) is 2. The molecule has 1 amide bonds. The molecule has 1 N–H and O–H groups in total. The Balaban J connectivity index is 2.13. The van der Waals surface area contributed by atoms with Gasteiger partial charge in [-0.25, -0.2) is 4.79 Å². The minimum absolute atomic E-state index is 0.151. The van der Waals surface area contributed by atoms with Gasteiger partial charge in [0.2, 0.25) is 6.10 Å². The fraction of sp³-hybridized carbons (Fsp3) is 0.296. The SMILES string of the molecule is CC(=O)OC(C(=O)Nc1cc(N(C)C)n(-c2ccccc2)c1C(=O)OC(C)(C)C)c1ccccc1. The molecular formula is C27H31N3O5. The molecule has 0 saturated heterocycles. The molecule has 0 saturated carbocycles. The summed E-state index contributed by atoms with van der Waals surface area (Å²) in [6.07, 6.45) is -1.19. The van der Waals surface area contributed by atoms with Crippen LogP contribution in [0.25, 0.3) is 5.69 Å². The predicted molar refractivity (Wildman–Crippen MR) is 135 cm³/mol. The first kappa shape index (κ1) is 25.6. The van der Waals surface area contributed by atoms with Crippen molar-refractivity contribution in [1.82, 2.24) is 4.57 Å². The summed E-state index contributed by atoms with van der Waals surface area (Å²) in [5.74, 6) is -1.14. The lowest BCUT2D eigenvalue weighted by atomic mass is 10.1. The van der Waals surface area contributed by atoms with Crippen LogP contribution in [0.5, 0.6) is 0 Å². The molecule has 0 radical (unpaired) electrons. The fourth-order valence-corrected chi connectivity index (χ4v) is 3.55. The summed E-state index contributed by atoms with van der Waals surface area (Å²) in [7, 11) is 3.68. The van der Waals surface area contributed by atoms with Crippen LogP contribution in [0.4, 0.5) is 11.5 Å². The van der Waals surface area contributed by atoms with Gasteiger partial charge in [-0.2, -0.15) is 0 Å². The number of nitrogens with zero attached hydrogens (tertiary/aromatic N) is 2. The second kappa shape index (κ2) is 10.5. The second-order valence-corrected chi connectivity index (χ2v) is 9.22. The number of amides is 1. The number of esters is 2. The normalized spacial score (nSPS) is 11.9. The van der Waals surface area contributed by atoms with Crippen molar-refractivity contribution in [2.24, 2.45) is 0 Å². The molecule has 1 heterocycles. The maximum absolute atomic E-state index is 13.4. The minimum Gasteiger partial charge on any atom is -0.455 e. The van der Waals surface area contributed by atoms with E-state index in [1.54, 1.807) is 61.7 Å². The zero-order valence-corrected chi connectivity index (χ0v) is 20.9. The van der Waals surface area contributed by atoms with Gasteiger partial charge in [0.1, 0.15) is 11.4 Å². The average molecular weight is 478 g/mol. The molecule has 1 atom stereocenters. The summed E-state index contributed by atoms with van der Waals surface area (Å²) in [6, 6.07) is 19.7. The summed E-state index contributed by atoms with van der Waals surface area (Å²) >= 11 is 0. The van der Waals surface area contributed by atoms with Crippen LogP contribution >= 0.6 is 0 Å². The van der Waals surface area contributed by atoms with E-state index in [0.717, 1.165) is 5.69 Å². The molecule has 3 rings (SSSR count). The third kappa shape index (κ3) is 6.29. The molecule has 0 aliphatic carbocycles. The van der Waals surface area contributed by atoms with Crippen LogP contribution in [0, 0.1) is 0 Å². The lowest BCUT2D eigenvalue weighted by Crippen LogP contribution is -2.28. The van der Waals surface area contributed by atoms with Gasteiger partial charge in [0.25, 0.3) is 5.91 Å². The van der Waals surface area contributed by atoms with Gasteiger partial charge in [-0.05, 0) is 32.9 Å². The van der Waals surface area contributed by atoms with Crippen molar-refractivity contribution in [3.63, 3.8) is 0 Å². The van der Waals surface area contributed by atoms with E-state index in [1.165, 1.54) is 6.92 Å². The van der Waals surface area contributed by atoms with Crippen LogP contribution < -0.4 is 10.2 Å². The van der Waals surface area contributed by atoms with Crippen LogP contribution in [-0.4, -0.2) is 42.1 Å². The highest BCUT2D eigenvalue weighted by atomic mass is 16.6. The van der Waals surface area contributed by atoms with Gasteiger partial charge in [0.15, 0.2) is 5.69 Å². The topological polar surface area (TPSA) is 89.9 Å². The Morgan fingerprint density at radius 2 is 1.51 bits per heavy atom. The molecule has 35 heavy (non-hydrogen) atoms. The van der Waals surface area contributed by atoms with Gasteiger partial charge >= 0.3 is 11.9 Å². The number of benzene rings is 2. The summed E-state index contributed by atoms with van der Waals surface area (Å²) in [5.41, 5.74) is 0.862. The molecule has 1 unspecified atom stereocenters. The number of aromatic nitrogens is 1. The summed E-state index contributed by atoms with van der Waals surface area (Å²) in [4.78, 5) is 40.4. The lowest BCUT2D eigenvalue weighted by molar-refractivity contribution is -0.152. The van der Waals surface area contributed by atoms with Crippen molar-refractivity contribution in [3.8, 4) is 5.69 Å². The highest BCUT2D eigenvalue weighted by Crippen LogP contribution is 2.33. The molecule has 0 spiro atoms. The van der Waals surface area contributed by atoms with Crippen LogP contribution in [0.15, 0.2) is 66.7 Å². The number of carbonyl (C=O) groups is 3. The number of para-hydroxylation sites is 1. The summed E-state index contributed by atoms with van der Waals surface area (Å²) < 4.78 is 12.8. The van der Waals surface area contributed by atoms with E-state index in [0.29, 0.717) is 11.4 Å². The van der Waals surface area contributed by atoms with Crippen LogP contribution in [0.3, 0.4) is 0 Å². The van der Waals surface area contributed by atoms with E-state index in [-0.39, 0.29) is 11.4 Å². The zero-order valence-electron chi connectivity index (χ0n) is 20.9. The quantitative estimate of drug-likeness (QED) is 0.495. The molecule has 184 valence electrons. The maximum atomic E-state index is 13.4. The highest BCUT2D eigenvalue weighted by molar-refractivity contribution is 6.04. The number of hydrogen-bond acceptors (Lipinski definition) is 6. The molecule has 0 aliphatic rings. The molecule has 3 aromatic rings. The number of nitrogens with one attached hydrogen (secondary N) is 1. The van der Waals surface area contributed by atoms with Gasteiger partial charge in [-0.1, -0.05) is 48.5 Å². The van der Waals surface area contributed by atoms with Crippen molar-refractivity contribution >= 4 is 29.4 Å². The number of rotatable bonds is 7. The number of carbonyl (C=O) groups excluding carboxylic acids is 3. The number of anilines is 2. The molecule has 0 aliphatic heterocycles. The van der Waals surface area contributed by atoms with Crippen LogP contribution in [0.2, 0.25) is 0 Å². The third-order valence-corrected chi connectivity index (χ3v) is 4.93. The maximum Gasteiger partial charge on any atom is 0.358 e. The van der Waals surface area contributed by atoms with E-state index < -0.39 is 29.6 Å². The Labute approximate surface area is 205 Å². The fourth-order valence-electron chi connectivity index (χ4n) is 3.55. The zero-order chi connectivity index (χ0) is 25.8. The molecule has 0 fully saturated rings. The Morgan fingerprint density at radius 3 is 2.03 bits per heavy atom. The van der Waals surface area contributed by atoms with E-state index in [9.17, 15) is 14.4 Å². The van der Waals surface area contributed by atoms with Crippen LogP contribution in [-0.2, 0) is 19.1 Å². The molecule has 2 aromatic carbocycles. The van der Waals surface area contributed by atoms with E-state index in [4.69, 9.17) is 9.47 Å². The van der Waals surface area contributed by atoms with Gasteiger partial charge in [0, 0.05) is 38.3 Å². The van der Waals surface area contributed by atoms with Crippen molar-refractivity contribution in [2.45, 2.75) is 39.4 Å². The van der Waals surface area contributed by atoms with E-state index in [2.05, 4.69) is 5.32 Å². The van der Waals surface area contributed by atoms with Crippen molar-refractivity contribution in [3.05, 3.63) is 78.0 Å². The largest absolute Gasteiger partial charge is 0.455 e. The predicted octanol–water partition coefficient (Wildman–Crippen LogP) is 4.74. The third-order valence-electron chi connectivity index (χ3n) is 4.93. The average Bonchev–Trinajstić information content (AvgIpc) is 3.17. The van der Waals surface area contributed by atoms with Crippen molar-refractivity contribution in [1.29, 1.82) is 0 Å². The first-order valence-electron chi connectivity index (χ1n) is 11.2. The number of hydrogen-bond donors (Lipinski definition) is 1. The molecule has 8 heteroatoms. The highest BCUT2D eigenvalue weighted by Gasteiger charge is 2.31. The Bertz CT molecular complexity index is 1190. The Hall–Kier alpha value is -4.07. The molecule has 1 aromatic heterocycles. The van der Waals surface area contributed by atoms with Gasteiger partial charge in [-0.15, -0.1) is 0 Å². The smallest absolute Gasteiger partial charge is 0.358 e. The van der Waals surface area contributed by atoms with E-state index >= 15 is 0 Å². The van der Waals surface area contributed by atoms with Crippen molar-refractivity contribution < 1.29 is 23.9 Å². The first-order chi connectivity index (χ1) is 16.5. The van der Waals surface area contributed by atoms with Crippen molar-refractivity contribution in [2.75, 3.05) is 24.3 Å². The Kier molecular flexibility index (Phi) is 7.64. The Morgan fingerprint density at radius 1 is 0.943 bits per heavy atom. The molecular weight excluding hydrogens is 446 g/mol. The summed E-state index contributed by atoms with van der Waals surface area (Å²) in [5, 5.41) is 2.80. The lowest BCUT2D eigenvalue weighted by Gasteiger charge is -2.23. The van der Waals surface area contributed by atoms with E-state index in [1.807, 2.05) is 49.3 Å². The van der Waals surface area contributed by atoms with Gasteiger partial charge < -0.3 is 19.7 Å². The monoisotopic (exact) mass is 477 g/mol. The standard InChI is InChI=1S/C27H31N3O5/c1-18(31)34-24(19-13-9-7-10-14-19)25(32)28-21-17-22(29(5)6)30(20-15-11-8-12-16-20)23(21)26(33)35-27(2,3)4/h7-17,24H,1-6H3,(H,28,32). The first-order valence-corrected chi connectivity index (χ1v) is 11.2. The molecule has 0 bridgehead atoms. The second-order valence-electron chi connectivity index (χ2n) is 9.22.